The summed E-state index contributed by atoms with van der Waals surface area (Å²) in [5.41, 5.74) is 0. The molecule has 0 amide bonds. The number of nitrogens with zero attached hydrogens (tertiary/aromatic N) is 3. The monoisotopic (exact) mass is 274 g/mol. The topological polar surface area (TPSA) is 33.1 Å². The van der Waals surface area contributed by atoms with Crippen molar-refractivity contribution in [2.24, 2.45) is 5.92 Å². The number of imidazole rings is 1. The highest BCUT2D eigenvalue weighted by Crippen LogP contribution is 2.13. The second-order valence-electron chi connectivity index (χ2n) is 5.50. The molecule has 1 atom stereocenters. The first kappa shape index (κ1) is 16.0. The molecule has 4 nitrogen and oxygen atoms in total. The summed E-state index contributed by atoms with van der Waals surface area (Å²) in [6.07, 6.45) is 3.73. The maximum Gasteiger partial charge on any atom is 0.319 e. The molecule has 6 heteroatoms. The van der Waals surface area contributed by atoms with Gasteiger partial charge in [-0.25, -0.2) is 4.98 Å². The van der Waals surface area contributed by atoms with E-state index < -0.39 is 6.55 Å². The fourth-order valence-electron chi connectivity index (χ4n) is 2.13. The molecule has 0 spiro atoms. The predicted octanol–water partition coefficient (Wildman–Crippen LogP) is 2.34. The number of hydrogen-bond donors (Lipinski definition) is 1. The summed E-state index contributed by atoms with van der Waals surface area (Å²) in [4.78, 5) is 6.07. The van der Waals surface area contributed by atoms with Gasteiger partial charge < -0.3 is 10.2 Å². The van der Waals surface area contributed by atoms with Gasteiger partial charge in [-0.2, -0.15) is 8.78 Å². The molecule has 0 aliphatic rings. The van der Waals surface area contributed by atoms with E-state index in [0.717, 1.165) is 17.5 Å². The first-order chi connectivity index (χ1) is 8.90. The minimum absolute atomic E-state index is 0.276. The molecular weight excluding hydrogens is 250 g/mol. The number of nitrogens with one attached hydrogen (secondary N) is 1. The third-order valence-corrected chi connectivity index (χ3v) is 2.85. The minimum atomic E-state index is -2.53. The van der Waals surface area contributed by atoms with Gasteiger partial charge >= 0.3 is 6.55 Å². The summed E-state index contributed by atoms with van der Waals surface area (Å²) >= 11 is 0. The van der Waals surface area contributed by atoms with Crippen molar-refractivity contribution in [1.29, 1.82) is 0 Å². The average molecular weight is 274 g/mol. The van der Waals surface area contributed by atoms with Crippen molar-refractivity contribution in [1.82, 2.24) is 19.8 Å². The third-order valence-electron chi connectivity index (χ3n) is 2.85. The quantitative estimate of drug-likeness (QED) is 0.790. The SMILES string of the molecule is CC(C)CC(CN(C)C)NCc1nccn1C(F)F. The van der Waals surface area contributed by atoms with Crippen molar-refractivity contribution in [3.05, 3.63) is 18.2 Å². The van der Waals surface area contributed by atoms with E-state index >= 15 is 0 Å². The molecule has 1 aromatic rings. The van der Waals surface area contributed by atoms with Crippen LogP contribution in [-0.4, -0.2) is 41.1 Å². The van der Waals surface area contributed by atoms with Gasteiger partial charge in [-0.05, 0) is 26.4 Å². The average Bonchev–Trinajstić information content (AvgIpc) is 2.72. The van der Waals surface area contributed by atoms with E-state index in [0.29, 0.717) is 18.3 Å². The third kappa shape index (κ3) is 5.65. The molecule has 1 rings (SSSR count). The van der Waals surface area contributed by atoms with Crippen molar-refractivity contribution >= 4 is 0 Å². The van der Waals surface area contributed by atoms with E-state index in [1.54, 1.807) is 0 Å². The molecule has 1 unspecified atom stereocenters. The van der Waals surface area contributed by atoms with Gasteiger partial charge in [-0.3, -0.25) is 4.57 Å². The number of alkyl halides is 2. The predicted molar refractivity (Wildman–Crippen MR) is 72.1 cm³/mol. The van der Waals surface area contributed by atoms with Crippen LogP contribution in [-0.2, 0) is 6.54 Å². The van der Waals surface area contributed by atoms with Crippen LogP contribution in [0.1, 0.15) is 32.6 Å². The van der Waals surface area contributed by atoms with E-state index in [4.69, 9.17) is 0 Å². The Bertz CT molecular complexity index is 353. The van der Waals surface area contributed by atoms with Gasteiger partial charge in [0, 0.05) is 25.0 Å². The Morgan fingerprint density at radius 3 is 2.58 bits per heavy atom. The lowest BCUT2D eigenvalue weighted by Gasteiger charge is -2.24. The standard InChI is InChI=1S/C13H24F2N4/c1-10(2)7-11(9-18(3)4)17-8-12-16-5-6-19(12)13(14)15/h5-6,10-11,13,17H,7-9H2,1-4H3. The zero-order valence-electron chi connectivity index (χ0n) is 12.1. The maximum absolute atomic E-state index is 12.7. The molecule has 0 bridgehead atoms. The Kier molecular flexibility index (Phi) is 6.37. The van der Waals surface area contributed by atoms with Gasteiger partial charge in [0.1, 0.15) is 5.82 Å². The zero-order chi connectivity index (χ0) is 14.4. The van der Waals surface area contributed by atoms with Crippen molar-refractivity contribution in [3.63, 3.8) is 0 Å². The number of hydrogen-bond acceptors (Lipinski definition) is 3. The molecule has 0 saturated heterocycles. The van der Waals surface area contributed by atoms with E-state index in [1.807, 2.05) is 14.1 Å². The summed E-state index contributed by atoms with van der Waals surface area (Å²) in [5, 5.41) is 3.32. The normalized spacial score (nSPS) is 13.7. The Morgan fingerprint density at radius 2 is 2.05 bits per heavy atom. The fourth-order valence-corrected chi connectivity index (χ4v) is 2.13. The van der Waals surface area contributed by atoms with Crippen molar-refractivity contribution < 1.29 is 8.78 Å². The summed E-state index contributed by atoms with van der Waals surface area (Å²) in [6, 6.07) is 0.276. The molecule has 0 saturated carbocycles. The summed E-state index contributed by atoms with van der Waals surface area (Å²) in [5.74, 6) is 0.940. The lowest BCUT2D eigenvalue weighted by Crippen LogP contribution is -2.39. The van der Waals surface area contributed by atoms with E-state index in [9.17, 15) is 8.78 Å². The largest absolute Gasteiger partial charge is 0.319 e. The van der Waals surface area contributed by atoms with Crippen LogP contribution in [0.2, 0.25) is 0 Å². The molecule has 1 heterocycles. The van der Waals surface area contributed by atoms with E-state index in [1.165, 1.54) is 12.4 Å². The highest BCUT2D eigenvalue weighted by molar-refractivity contribution is 4.93. The summed E-state index contributed by atoms with van der Waals surface area (Å²) < 4.78 is 26.3. The van der Waals surface area contributed by atoms with Crippen LogP contribution in [0.15, 0.2) is 12.4 Å². The van der Waals surface area contributed by atoms with Gasteiger partial charge in [-0.15, -0.1) is 0 Å². The molecule has 0 aromatic carbocycles. The van der Waals surface area contributed by atoms with Gasteiger partial charge in [-0.1, -0.05) is 13.8 Å². The Morgan fingerprint density at radius 1 is 1.37 bits per heavy atom. The second-order valence-corrected chi connectivity index (χ2v) is 5.50. The Labute approximate surface area is 113 Å². The van der Waals surface area contributed by atoms with Crippen LogP contribution >= 0.6 is 0 Å². The van der Waals surface area contributed by atoms with Crippen LogP contribution in [0.5, 0.6) is 0 Å². The highest BCUT2D eigenvalue weighted by atomic mass is 19.3. The first-order valence-corrected chi connectivity index (χ1v) is 6.58. The van der Waals surface area contributed by atoms with Gasteiger partial charge in [0.15, 0.2) is 0 Å². The highest BCUT2D eigenvalue weighted by Gasteiger charge is 2.15. The van der Waals surface area contributed by atoms with Crippen LogP contribution in [0.3, 0.4) is 0 Å². The molecule has 1 aromatic heterocycles. The molecule has 0 fully saturated rings. The first-order valence-electron chi connectivity index (χ1n) is 6.58. The summed E-state index contributed by atoms with van der Waals surface area (Å²) in [6.45, 7) is 3.03. The number of aromatic nitrogens is 2. The molecule has 19 heavy (non-hydrogen) atoms. The van der Waals surface area contributed by atoms with Gasteiger partial charge in [0.2, 0.25) is 0 Å². The minimum Gasteiger partial charge on any atom is -0.308 e. The number of likely N-dealkylation sites (N-methyl/N-ethyl adjacent to an activating group) is 1. The Hall–Kier alpha value is -1.01. The van der Waals surface area contributed by atoms with Gasteiger partial charge in [0.05, 0.1) is 6.54 Å². The van der Waals surface area contributed by atoms with Gasteiger partial charge in [0.25, 0.3) is 0 Å². The van der Waals surface area contributed by atoms with Crippen molar-refractivity contribution in [2.75, 3.05) is 20.6 Å². The Balaban J connectivity index is 2.57. The summed E-state index contributed by atoms with van der Waals surface area (Å²) in [7, 11) is 4.02. The molecule has 0 aliphatic carbocycles. The van der Waals surface area contributed by atoms with Crippen LogP contribution in [0.4, 0.5) is 8.78 Å². The smallest absolute Gasteiger partial charge is 0.308 e. The lowest BCUT2D eigenvalue weighted by atomic mass is 10.0. The molecule has 0 radical (unpaired) electrons. The molecule has 110 valence electrons. The lowest BCUT2D eigenvalue weighted by molar-refractivity contribution is 0.0663. The van der Waals surface area contributed by atoms with E-state index in [-0.39, 0.29) is 6.04 Å². The van der Waals surface area contributed by atoms with Crippen LogP contribution in [0.25, 0.3) is 0 Å². The van der Waals surface area contributed by atoms with E-state index in [2.05, 4.69) is 29.0 Å². The fraction of sp³-hybridized carbons (Fsp3) is 0.769. The number of rotatable bonds is 8. The molecule has 0 aliphatic heterocycles. The molecular formula is C13H24F2N4. The van der Waals surface area contributed by atoms with Crippen LogP contribution < -0.4 is 5.32 Å². The maximum atomic E-state index is 12.7. The van der Waals surface area contributed by atoms with Crippen molar-refractivity contribution in [2.45, 2.75) is 39.4 Å². The molecule has 1 N–H and O–H groups in total. The number of halogens is 2. The zero-order valence-corrected chi connectivity index (χ0v) is 12.1. The van der Waals surface area contributed by atoms with Crippen molar-refractivity contribution in [3.8, 4) is 0 Å². The van der Waals surface area contributed by atoms with Crippen LogP contribution in [0, 0.1) is 5.92 Å². The second kappa shape index (κ2) is 7.55.